The van der Waals surface area contributed by atoms with Gasteiger partial charge in [-0.15, -0.1) is 0 Å². The summed E-state index contributed by atoms with van der Waals surface area (Å²) in [6.45, 7) is 0. The summed E-state index contributed by atoms with van der Waals surface area (Å²) in [6.07, 6.45) is 4.09. The normalized spacial score (nSPS) is 28.6. The lowest BCUT2D eigenvalue weighted by atomic mass is 9.92. The molecule has 4 rings (SSSR count). The van der Waals surface area contributed by atoms with Gasteiger partial charge < -0.3 is 4.42 Å². The molecular weight excluding hydrogens is 290 g/mol. The van der Waals surface area contributed by atoms with Crippen LogP contribution in [-0.2, 0) is 11.8 Å². The highest BCUT2D eigenvalue weighted by Crippen LogP contribution is 2.65. The average Bonchev–Trinajstić information content (AvgIpc) is 2.98. The predicted octanol–water partition coefficient (Wildman–Crippen LogP) is 4.01. The van der Waals surface area contributed by atoms with Crippen molar-refractivity contribution in [1.82, 2.24) is 4.98 Å². The molecule has 3 unspecified atom stereocenters. The highest BCUT2D eigenvalue weighted by Gasteiger charge is 2.56. The topological polar surface area (TPSA) is 26.0 Å². The standard InChI is InChI=1S/C15H14BrNO/c16-7-12-15(18-8-17-12)14-11-6-5-9-3-1-2-4-10(9)13(11)14/h1-4,8,11,13-14H,5-7H2. The first-order valence-electron chi connectivity index (χ1n) is 6.46. The van der Waals surface area contributed by atoms with Gasteiger partial charge >= 0.3 is 0 Å². The summed E-state index contributed by atoms with van der Waals surface area (Å²) >= 11 is 3.49. The van der Waals surface area contributed by atoms with E-state index in [2.05, 4.69) is 45.2 Å². The molecule has 3 atom stereocenters. The van der Waals surface area contributed by atoms with E-state index in [1.807, 2.05) is 0 Å². The van der Waals surface area contributed by atoms with Crippen LogP contribution in [0.3, 0.4) is 0 Å². The monoisotopic (exact) mass is 303 g/mol. The molecule has 3 heteroatoms. The second kappa shape index (κ2) is 3.95. The Morgan fingerprint density at radius 3 is 3.06 bits per heavy atom. The Kier molecular flexibility index (Phi) is 2.37. The molecule has 2 aromatic rings. The largest absolute Gasteiger partial charge is 0.448 e. The maximum atomic E-state index is 5.65. The number of alkyl halides is 1. The molecule has 0 amide bonds. The number of oxazole rings is 1. The van der Waals surface area contributed by atoms with E-state index < -0.39 is 0 Å². The smallest absolute Gasteiger partial charge is 0.181 e. The van der Waals surface area contributed by atoms with Crippen molar-refractivity contribution >= 4 is 15.9 Å². The van der Waals surface area contributed by atoms with Gasteiger partial charge in [0.1, 0.15) is 5.76 Å². The Labute approximate surface area is 115 Å². The molecule has 0 N–H and O–H groups in total. The second-order valence-electron chi connectivity index (χ2n) is 5.25. The third kappa shape index (κ3) is 1.43. The lowest BCUT2D eigenvalue weighted by Gasteiger charge is -2.13. The molecule has 1 aromatic carbocycles. The van der Waals surface area contributed by atoms with Crippen LogP contribution in [0.5, 0.6) is 0 Å². The third-order valence-corrected chi connectivity index (χ3v) is 4.96. The van der Waals surface area contributed by atoms with Crippen LogP contribution in [0.4, 0.5) is 0 Å². The molecule has 0 radical (unpaired) electrons. The molecular formula is C15H14BrNO. The van der Waals surface area contributed by atoms with Crippen LogP contribution in [0.2, 0.25) is 0 Å². The lowest BCUT2D eigenvalue weighted by Crippen LogP contribution is -2.00. The maximum absolute atomic E-state index is 5.65. The number of benzene rings is 1. The summed E-state index contributed by atoms with van der Waals surface area (Å²) in [7, 11) is 0. The fourth-order valence-electron chi connectivity index (χ4n) is 3.57. The SMILES string of the molecule is BrCc1ncoc1C1C2CCc3ccccc3C21. The number of aromatic nitrogens is 1. The second-order valence-corrected chi connectivity index (χ2v) is 5.81. The van der Waals surface area contributed by atoms with Crippen molar-refractivity contribution in [2.24, 2.45) is 5.92 Å². The zero-order valence-electron chi connectivity index (χ0n) is 9.97. The van der Waals surface area contributed by atoms with Gasteiger partial charge in [-0.1, -0.05) is 40.2 Å². The average molecular weight is 304 g/mol. The van der Waals surface area contributed by atoms with Crippen LogP contribution in [0, 0.1) is 5.92 Å². The highest BCUT2D eigenvalue weighted by atomic mass is 79.9. The first kappa shape index (κ1) is 10.8. The van der Waals surface area contributed by atoms with E-state index in [0.717, 1.165) is 22.7 Å². The van der Waals surface area contributed by atoms with E-state index >= 15 is 0 Å². The van der Waals surface area contributed by atoms with Crippen LogP contribution in [0.15, 0.2) is 35.1 Å². The van der Waals surface area contributed by atoms with Gasteiger partial charge in [0, 0.05) is 11.2 Å². The molecule has 1 aromatic heterocycles. The van der Waals surface area contributed by atoms with Gasteiger partial charge in [0.2, 0.25) is 0 Å². The van der Waals surface area contributed by atoms with E-state index in [0.29, 0.717) is 11.8 Å². The molecule has 0 bridgehead atoms. The number of rotatable bonds is 2. The number of hydrogen-bond acceptors (Lipinski definition) is 2. The zero-order valence-corrected chi connectivity index (χ0v) is 11.6. The summed E-state index contributed by atoms with van der Waals surface area (Å²) in [6, 6.07) is 8.86. The van der Waals surface area contributed by atoms with Gasteiger partial charge in [-0.2, -0.15) is 0 Å². The van der Waals surface area contributed by atoms with Crippen molar-refractivity contribution in [3.8, 4) is 0 Å². The Morgan fingerprint density at radius 2 is 2.17 bits per heavy atom. The van der Waals surface area contributed by atoms with Crippen molar-refractivity contribution < 1.29 is 4.42 Å². The summed E-state index contributed by atoms with van der Waals surface area (Å²) in [5.41, 5.74) is 4.14. The Balaban J connectivity index is 1.73. The van der Waals surface area contributed by atoms with Gasteiger partial charge in [-0.05, 0) is 35.8 Å². The van der Waals surface area contributed by atoms with Gasteiger partial charge in [-0.3, -0.25) is 0 Å². The molecule has 0 aliphatic heterocycles. The molecule has 2 aliphatic rings. The first-order chi connectivity index (χ1) is 8.90. The molecule has 1 heterocycles. The van der Waals surface area contributed by atoms with Crippen LogP contribution < -0.4 is 0 Å². The summed E-state index contributed by atoms with van der Waals surface area (Å²) in [5.74, 6) is 3.11. The van der Waals surface area contributed by atoms with E-state index in [4.69, 9.17) is 4.42 Å². The van der Waals surface area contributed by atoms with Crippen molar-refractivity contribution in [3.05, 3.63) is 53.2 Å². The third-order valence-electron chi connectivity index (χ3n) is 4.43. The first-order valence-corrected chi connectivity index (χ1v) is 7.58. The Hall–Kier alpha value is -1.09. The molecule has 1 fully saturated rings. The van der Waals surface area contributed by atoms with Crippen LogP contribution >= 0.6 is 15.9 Å². The molecule has 0 spiro atoms. The predicted molar refractivity (Wildman–Crippen MR) is 72.9 cm³/mol. The van der Waals surface area contributed by atoms with Crippen LogP contribution in [0.1, 0.15) is 40.8 Å². The molecule has 1 saturated carbocycles. The van der Waals surface area contributed by atoms with Crippen molar-refractivity contribution in [1.29, 1.82) is 0 Å². The van der Waals surface area contributed by atoms with E-state index in [1.165, 1.54) is 24.0 Å². The number of halogens is 1. The van der Waals surface area contributed by atoms with E-state index in [9.17, 15) is 0 Å². The minimum absolute atomic E-state index is 0.559. The minimum Gasteiger partial charge on any atom is -0.448 e. The number of nitrogens with zero attached hydrogens (tertiary/aromatic N) is 1. The highest BCUT2D eigenvalue weighted by molar-refractivity contribution is 9.08. The van der Waals surface area contributed by atoms with Gasteiger partial charge in [0.15, 0.2) is 6.39 Å². The molecule has 0 saturated heterocycles. The maximum Gasteiger partial charge on any atom is 0.181 e. The fraction of sp³-hybridized carbons (Fsp3) is 0.400. The van der Waals surface area contributed by atoms with Crippen molar-refractivity contribution in [2.45, 2.75) is 30.0 Å². The number of aryl methyl sites for hydroxylation is 1. The molecule has 2 aliphatic carbocycles. The fourth-order valence-corrected chi connectivity index (χ4v) is 3.99. The molecule has 92 valence electrons. The summed E-state index contributed by atoms with van der Waals surface area (Å²) < 4.78 is 5.65. The Bertz CT molecular complexity index is 592. The quantitative estimate of drug-likeness (QED) is 0.783. The molecule has 2 nitrogen and oxygen atoms in total. The number of hydrogen-bond donors (Lipinski definition) is 0. The zero-order chi connectivity index (χ0) is 12.1. The number of fused-ring (bicyclic) bond motifs is 3. The Morgan fingerprint density at radius 1 is 1.28 bits per heavy atom. The summed E-state index contributed by atoms with van der Waals surface area (Å²) in [4.78, 5) is 4.30. The van der Waals surface area contributed by atoms with Gasteiger partial charge in [-0.25, -0.2) is 4.98 Å². The summed E-state index contributed by atoms with van der Waals surface area (Å²) in [5, 5.41) is 0.788. The van der Waals surface area contributed by atoms with Crippen molar-refractivity contribution in [2.75, 3.05) is 0 Å². The van der Waals surface area contributed by atoms with E-state index in [-0.39, 0.29) is 0 Å². The van der Waals surface area contributed by atoms with E-state index in [1.54, 1.807) is 6.39 Å². The minimum atomic E-state index is 0.559. The van der Waals surface area contributed by atoms with Crippen molar-refractivity contribution in [3.63, 3.8) is 0 Å². The molecule has 18 heavy (non-hydrogen) atoms. The van der Waals surface area contributed by atoms with Crippen LogP contribution in [-0.4, -0.2) is 4.98 Å². The van der Waals surface area contributed by atoms with Gasteiger partial charge in [0.25, 0.3) is 0 Å². The van der Waals surface area contributed by atoms with Gasteiger partial charge in [0.05, 0.1) is 5.69 Å². The van der Waals surface area contributed by atoms with Crippen LogP contribution in [0.25, 0.3) is 0 Å². The lowest BCUT2D eigenvalue weighted by molar-refractivity contribution is 0.492.